The van der Waals surface area contributed by atoms with Crippen LogP contribution >= 0.6 is 11.6 Å². The van der Waals surface area contributed by atoms with E-state index in [0.29, 0.717) is 11.3 Å². The lowest BCUT2D eigenvalue weighted by Gasteiger charge is -2.16. The fourth-order valence-corrected chi connectivity index (χ4v) is 3.46. The molecule has 2 nitrogen and oxygen atoms in total. The summed E-state index contributed by atoms with van der Waals surface area (Å²) in [5.74, 6) is 1.05. The van der Waals surface area contributed by atoms with Gasteiger partial charge in [-0.25, -0.2) is 0 Å². The van der Waals surface area contributed by atoms with E-state index in [1.807, 2.05) is 0 Å². The third-order valence-electron chi connectivity index (χ3n) is 4.64. The molecule has 0 saturated heterocycles. The number of carbonyl (C=O) groups is 1. The second-order valence-corrected chi connectivity index (χ2v) is 6.41. The van der Waals surface area contributed by atoms with Crippen molar-refractivity contribution in [1.29, 1.82) is 0 Å². The molecule has 0 atom stereocenters. The Balaban J connectivity index is 1.53. The molecule has 1 aromatic carbocycles. The Morgan fingerprint density at radius 2 is 1.89 bits per heavy atom. The first-order valence-electron chi connectivity index (χ1n) is 7.13. The number of fused-ring (bicyclic) bond motifs is 1. The van der Waals surface area contributed by atoms with Crippen LogP contribution in [-0.2, 0) is 17.6 Å². The van der Waals surface area contributed by atoms with Gasteiger partial charge in [0.1, 0.15) is 0 Å². The summed E-state index contributed by atoms with van der Waals surface area (Å²) in [4.78, 5) is 12.2. The number of hydrogen-bond acceptors (Lipinski definition) is 1. The third-order valence-corrected chi connectivity index (χ3v) is 4.83. The molecule has 3 heteroatoms. The predicted molar refractivity (Wildman–Crippen MR) is 77.4 cm³/mol. The number of benzene rings is 1. The fourth-order valence-electron chi connectivity index (χ4n) is 3.06. The molecule has 1 aromatic rings. The number of alkyl halides is 1. The average molecular weight is 278 g/mol. The van der Waals surface area contributed by atoms with Crippen molar-refractivity contribution in [2.75, 3.05) is 12.4 Å². The fraction of sp³-hybridized carbons (Fsp3) is 0.562. The number of halogens is 1. The van der Waals surface area contributed by atoms with Crippen LogP contribution in [0.25, 0.3) is 0 Å². The molecule has 3 rings (SSSR count). The molecule has 0 heterocycles. The lowest BCUT2D eigenvalue weighted by Crippen LogP contribution is -2.35. The van der Waals surface area contributed by atoms with Gasteiger partial charge in [0, 0.05) is 18.3 Å². The minimum absolute atomic E-state index is 0.129. The maximum absolute atomic E-state index is 12.2. The van der Waals surface area contributed by atoms with Crippen LogP contribution in [0, 0.1) is 11.3 Å². The molecule has 0 aromatic heterocycles. The standard InChI is InChI=1S/C16H20ClNO/c17-8-7-16(5-6-16)11-18-15(19)14-9-12-3-1-2-4-13(12)10-14/h1-4,14H,5-11H2,(H,18,19). The molecule has 1 amide bonds. The van der Waals surface area contributed by atoms with E-state index in [-0.39, 0.29) is 11.8 Å². The highest BCUT2D eigenvalue weighted by molar-refractivity contribution is 6.17. The first kappa shape index (κ1) is 13.0. The van der Waals surface area contributed by atoms with E-state index >= 15 is 0 Å². The van der Waals surface area contributed by atoms with E-state index in [1.54, 1.807) is 0 Å². The van der Waals surface area contributed by atoms with Gasteiger partial charge in [-0.1, -0.05) is 24.3 Å². The van der Waals surface area contributed by atoms with Gasteiger partial charge in [0.25, 0.3) is 0 Å². The van der Waals surface area contributed by atoms with Crippen LogP contribution < -0.4 is 5.32 Å². The number of rotatable bonds is 5. The van der Waals surface area contributed by atoms with E-state index in [1.165, 1.54) is 24.0 Å². The van der Waals surface area contributed by atoms with Gasteiger partial charge in [0.15, 0.2) is 0 Å². The molecule has 0 bridgehead atoms. The summed E-state index contributed by atoms with van der Waals surface area (Å²) in [6, 6.07) is 8.38. The number of nitrogens with one attached hydrogen (secondary N) is 1. The molecular formula is C16H20ClNO. The van der Waals surface area contributed by atoms with E-state index in [0.717, 1.165) is 25.8 Å². The second kappa shape index (κ2) is 5.16. The largest absolute Gasteiger partial charge is 0.355 e. The summed E-state index contributed by atoms with van der Waals surface area (Å²) >= 11 is 5.82. The zero-order valence-corrected chi connectivity index (χ0v) is 11.9. The van der Waals surface area contributed by atoms with Crippen molar-refractivity contribution < 1.29 is 4.79 Å². The van der Waals surface area contributed by atoms with Gasteiger partial charge in [-0.05, 0) is 48.6 Å². The smallest absolute Gasteiger partial charge is 0.223 e. The maximum Gasteiger partial charge on any atom is 0.223 e. The molecule has 2 aliphatic rings. The predicted octanol–water partition coefficient (Wildman–Crippen LogP) is 2.93. The Bertz CT molecular complexity index is 456. The minimum atomic E-state index is 0.129. The van der Waals surface area contributed by atoms with E-state index < -0.39 is 0 Å². The SMILES string of the molecule is O=C(NCC1(CCCl)CC1)C1Cc2ccccc2C1. The molecule has 1 N–H and O–H groups in total. The molecule has 1 saturated carbocycles. The number of hydrogen-bond donors (Lipinski definition) is 1. The first-order valence-corrected chi connectivity index (χ1v) is 7.66. The van der Waals surface area contributed by atoms with Gasteiger partial charge < -0.3 is 5.32 Å². The number of amides is 1. The van der Waals surface area contributed by atoms with Crippen LogP contribution in [0.15, 0.2) is 24.3 Å². The van der Waals surface area contributed by atoms with Crippen molar-refractivity contribution in [2.24, 2.45) is 11.3 Å². The summed E-state index contributed by atoms with van der Waals surface area (Å²) in [5, 5.41) is 3.15. The lowest BCUT2D eigenvalue weighted by atomic mass is 10.0. The van der Waals surface area contributed by atoms with Crippen LogP contribution in [-0.4, -0.2) is 18.3 Å². The molecule has 102 valence electrons. The molecule has 1 fully saturated rings. The van der Waals surface area contributed by atoms with Gasteiger partial charge in [-0.15, -0.1) is 11.6 Å². The Hall–Kier alpha value is -1.02. The summed E-state index contributed by atoms with van der Waals surface area (Å²) in [6.45, 7) is 0.811. The Morgan fingerprint density at radius 1 is 1.26 bits per heavy atom. The van der Waals surface area contributed by atoms with Crippen LogP contribution in [0.2, 0.25) is 0 Å². The van der Waals surface area contributed by atoms with Crippen molar-refractivity contribution in [3.8, 4) is 0 Å². The van der Waals surface area contributed by atoms with Crippen molar-refractivity contribution in [3.05, 3.63) is 35.4 Å². The van der Waals surface area contributed by atoms with Gasteiger partial charge >= 0.3 is 0 Å². The molecular weight excluding hydrogens is 258 g/mol. The average Bonchev–Trinajstić information content (AvgIpc) is 3.04. The zero-order valence-electron chi connectivity index (χ0n) is 11.1. The summed E-state index contributed by atoms with van der Waals surface area (Å²) in [5.41, 5.74) is 3.00. The first-order chi connectivity index (χ1) is 9.22. The van der Waals surface area contributed by atoms with Crippen molar-refractivity contribution in [1.82, 2.24) is 5.32 Å². The molecule has 19 heavy (non-hydrogen) atoms. The van der Waals surface area contributed by atoms with E-state index in [9.17, 15) is 4.79 Å². The topological polar surface area (TPSA) is 29.1 Å². The maximum atomic E-state index is 12.2. The molecule has 2 aliphatic carbocycles. The van der Waals surface area contributed by atoms with Gasteiger partial charge in [0.05, 0.1) is 0 Å². The number of carbonyl (C=O) groups excluding carboxylic acids is 1. The third kappa shape index (κ3) is 2.79. The zero-order chi connectivity index (χ0) is 13.3. The van der Waals surface area contributed by atoms with Crippen LogP contribution in [0.3, 0.4) is 0 Å². The van der Waals surface area contributed by atoms with E-state index in [4.69, 9.17) is 11.6 Å². The highest BCUT2D eigenvalue weighted by Crippen LogP contribution is 2.48. The van der Waals surface area contributed by atoms with Crippen LogP contribution in [0.5, 0.6) is 0 Å². The summed E-state index contributed by atoms with van der Waals surface area (Å²) in [6.07, 6.45) is 5.24. The van der Waals surface area contributed by atoms with Gasteiger partial charge in [0.2, 0.25) is 5.91 Å². The van der Waals surface area contributed by atoms with E-state index in [2.05, 4.69) is 29.6 Å². The quantitative estimate of drug-likeness (QED) is 0.824. The molecule has 0 spiro atoms. The molecule has 0 unspecified atom stereocenters. The highest BCUT2D eigenvalue weighted by Gasteiger charge is 2.42. The Labute approximate surface area is 119 Å². The normalized spacial score (nSPS) is 20.1. The highest BCUT2D eigenvalue weighted by atomic mass is 35.5. The summed E-state index contributed by atoms with van der Waals surface area (Å²) < 4.78 is 0. The van der Waals surface area contributed by atoms with Crippen molar-refractivity contribution >= 4 is 17.5 Å². The van der Waals surface area contributed by atoms with Crippen LogP contribution in [0.1, 0.15) is 30.4 Å². The van der Waals surface area contributed by atoms with Gasteiger partial charge in [-0.3, -0.25) is 4.79 Å². The monoisotopic (exact) mass is 277 g/mol. The lowest BCUT2D eigenvalue weighted by molar-refractivity contribution is -0.125. The Kier molecular flexibility index (Phi) is 3.53. The second-order valence-electron chi connectivity index (χ2n) is 6.03. The van der Waals surface area contributed by atoms with Crippen molar-refractivity contribution in [3.63, 3.8) is 0 Å². The van der Waals surface area contributed by atoms with Gasteiger partial charge in [-0.2, -0.15) is 0 Å². The minimum Gasteiger partial charge on any atom is -0.355 e. The molecule has 0 radical (unpaired) electrons. The van der Waals surface area contributed by atoms with Crippen molar-refractivity contribution in [2.45, 2.75) is 32.1 Å². The Morgan fingerprint density at radius 3 is 2.42 bits per heavy atom. The van der Waals surface area contributed by atoms with Crippen LogP contribution in [0.4, 0.5) is 0 Å². The summed E-state index contributed by atoms with van der Waals surface area (Å²) in [7, 11) is 0. The molecule has 0 aliphatic heterocycles.